The number of rotatable bonds is 13. The summed E-state index contributed by atoms with van der Waals surface area (Å²) >= 11 is 1.63. The third kappa shape index (κ3) is 7.92. The van der Waals surface area contributed by atoms with E-state index in [0.717, 1.165) is 29.8 Å². The number of nitrogens with one attached hydrogen (secondary N) is 1. The lowest BCUT2D eigenvalue weighted by atomic mass is 10.1. The Morgan fingerprint density at radius 1 is 0.970 bits per heavy atom. The van der Waals surface area contributed by atoms with E-state index in [9.17, 15) is 9.59 Å². The molecule has 4 nitrogen and oxygen atoms in total. The van der Waals surface area contributed by atoms with Gasteiger partial charge in [0.25, 0.3) is 0 Å². The van der Waals surface area contributed by atoms with Crippen LogP contribution >= 0.6 is 11.8 Å². The zero-order valence-corrected chi connectivity index (χ0v) is 21.0. The molecule has 0 spiro atoms. The highest BCUT2D eigenvalue weighted by atomic mass is 32.2. The highest BCUT2D eigenvalue weighted by Crippen LogP contribution is 2.42. The van der Waals surface area contributed by atoms with E-state index in [-0.39, 0.29) is 17.2 Å². The first-order valence-electron chi connectivity index (χ1n) is 12.5. The predicted molar refractivity (Wildman–Crippen MR) is 141 cm³/mol. The second-order valence-electron chi connectivity index (χ2n) is 9.01. The molecular weight excluding hydrogens is 428 g/mol. The van der Waals surface area contributed by atoms with Crippen molar-refractivity contribution in [3.8, 4) is 0 Å². The Hall–Kier alpha value is -2.27. The van der Waals surface area contributed by atoms with Crippen molar-refractivity contribution in [3.05, 3.63) is 59.7 Å². The molecule has 3 rings (SSSR count). The Morgan fingerprint density at radius 3 is 2.33 bits per heavy atom. The van der Waals surface area contributed by atoms with E-state index in [4.69, 9.17) is 0 Å². The van der Waals surface area contributed by atoms with Crippen LogP contribution < -0.4 is 10.2 Å². The molecule has 0 aliphatic carbocycles. The van der Waals surface area contributed by atoms with Crippen molar-refractivity contribution in [3.63, 3.8) is 0 Å². The molecule has 1 fully saturated rings. The fourth-order valence-electron chi connectivity index (χ4n) is 4.24. The summed E-state index contributed by atoms with van der Waals surface area (Å²) in [6.45, 7) is 4.29. The van der Waals surface area contributed by atoms with E-state index in [1.165, 1.54) is 50.5 Å². The number of hydrogen-bond donors (Lipinski definition) is 1. The van der Waals surface area contributed by atoms with Crippen molar-refractivity contribution in [2.24, 2.45) is 0 Å². The quantitative estimate of drug-likeness (QED) is 0.309. The van der Waals surface area contributed by atoms with Gasteiger partial charge in [0.15, 0.2) is 0 Å². The van der Waals surface area contributed by atoms with E-state index in [2.05, 4.69) is 12.2 Å². The van der Waals surface area contributed by atoms with Crippen LogP contribution in [0.4, 0.5) is 11.4 Å². The third-order valence-electron chi connectivity index (χ3n) is 6.14. The number of aryl methyl sites for hydroxylation is 1. The number of benzene rings is 2. The van der Waals surface area contributed by atoms with Crippen molar-refractivity contribution >= 4 is 35.0 Å². The Morgan fingerprint density at radius 2 is 1.64 bits per heavy atom. The maximum atomic E-state index is 12.6. The molecule has 1 aliphatic heterocycles. The van der Waals surface area contributed by atoms with Crippen LogP contribution in [-0.2, 0) is 9.59 Å². The van der Waals surface area contributed by atoms with E-state index in [1.807, 2.05) is 60.4 Å². The standard InChI is InChI=1S/C28H38N2O2S/c1-3-4-5-6-7-8-9-10-11-15-26(31)29-24-14-12-13-23(20-24)28-30(27(32)21-33-28)25-18-16-22(2)17-19-25/h12-14,16-20,28H,3-11,15,21H2,1-2H3,(H,29,31)/t28-/m0/s1. The lowest BCUT2D eigenvalue weighted by Gasteiger charge is -2.25. The summed E-state index contributed by atoms with van der Waals surface area (Å²) in [6, 6.07) is 16.0. The molecule has 5 heteroatoms. The first kappa shape index (κ1) is 25.4. The topological polar surface area (TPSA) is 49.4 Å². The molecule has 178 valence electrons. The molecule has 0 saturated carbocycles. The molecule has 2 aromatic carbocycles. The number of carbonyl (C=O) groups is 2. The SMILES string of the molecule is CCCCCCCCCCCC(=O)Nc1cccc([C@@H]2SCC(=O)N2c2ccc(C)cc2)c1. The Kier molecular flexibility index (Phi) is 10.3. The van der Waals surface area contributed by atoms with Crippen LogP contribution in [0.5, 0.6) is 0 Å². The molecule has 1 saturated heterocycles. The van der Waals surface area contributed by atoms with E-state index in [0.29, 0.717) is 12.2 Å². The first-order valence-corrected chi connectivity index (χ1v) is 13.5. The van der Waals surface area contributed by atoms with Crippen LogP contribution in [-0.4, -0.2) is 17.6 Å². The number of nitrogens with zero attached hydrogens (tertiary/aromatic N) is 1. The molecule has 1 aliphatic rings. The Balaban J connectivity index is 1.47. The Labute approximate surface area is 203 Å². The van der Waals surface area contributed by atoms with Gasteiger partial charge in [0, 0.05) is 17.8 Å². The summed E-state index contributed by atoms with van der Waals surface area (Å²) in [7, 11) is 0. The minimum Gasteiger partial charge on any atom is -0.326 e. The van der Waals surface area contributed by atoms with Gasteiger partial charge in [-0.1, -0.05) is 88.1 Å². The molecule has 0 bridgehead atoms. The van der Waals surface area contributed by atoms with Gasteiger partial charge >= 0.3 is 0 Å². The minimum absolute atomic E-state index is 0.0700. The first-order chi connectivity index (χ1) is 16.1. The number of hydrogen-bond acceptors (Lipinski definition) is 3. The molecule has 1 heterocycles. The minimum atomic E-state index is -0.0746. The van der Waals surface area contributed by atoms with Crippen LogP contribution in [0.25, 0.3) is 0 Å². The normalized spacial score (nSPS) is 15.8. The van der Waals surface area contributed by atoms with Crippen molar-refractivity contribution in [2.75, 3.05) is 16.0 Å². The van der Waals surface area contributed by atoms with Gasteiger partial charge in [-0.25, -0.2) is 0 Å². The summed E-state index contributed by atoms with van der Waals surface area (Å²) in [5, 5.41) is 2.98. The van der Waals surface area contributed by atoms with E-state index >= 15 is 0 Å². The van der Waals surface area contributed by atoms with Crippen molar-refractivity contribution in [2.45, 2.75) is 83.4 Å². The zero-order chi connectivity index (χ0) is 23.5. The van der Waals surface area contributed by atoms with Crippen molar-refractivity contribution in [1.29, 1.82) is 0 Å². The summed E-state index contributed by atoms with van der Waals surface area (Å²) in [5.41, 5.74) is 3.93. The molecule has 0 unspecified atom stereocenters. The smallest absolute Gasteiger partial charge is 0.238 e. The van der Waals surface area contributed by atoms with Gasteiger partial charge in [-0.2, -0.15) is 0 Å². The monoisotopic (exact) mass is 466 g/mol. The lowest BCUT2D eigenvalue weighted by molar-refractivity contribution is -0.117. The highest BCUT2D eigenvalue weighted by Gasteiger charge is 2.34. The molecule has 1 atom stereocenters. The van der Waals surface area contributed by atoms with Gasteiger partial charge in [-0.05, 0) is 43.2 Å². The van der Waals surface area contributed by atoms with Gasteiger partial charge in [-0.3, -0.25) is 14.5 Å². The summed E-state index contributed by atoms with van der Waals surface area (Å²) in [6.07, 6.45) is 11.8. The maximum Gasteiger partial charge on any atom is 0.238 e. The Bertz CT molecular complexity index is 897. The number of unbranched alkanes of at least 4 members (excludes halogenated alkanes) is 8. The summed E-state index contributed by atoms with van der Waals surface area (Å²) in [4.78, 5) is 26.9. The molecular formula is C28H38N2O2S. The molecule has 1 N–H and O–H groups in total. The molecule has 2 aromatic rings. The van der Waals surface area contributed by atoms with Gasteiger partial charge in [0.05, 0.1) is 5.75 Å². The molecule has 2 amide bonds. The number of amides is 2. The summed E-state index contributed by atoms with van der Waals surface area (Å²) in [5.74, 6) is 0.655. The number of carbonyl (C=O) groups excluding carboxylic acids is 2. The molecule has 0 radical (unpaired) electrons. The molecule has 33 heavy (non-hydrogen) atoms. The van der Waals surface area contributed by atoms with Crippen molar-refractivity contribution in [1.82, 2.24) is 0 Å². The fraction of sp³-hybridized carbons (Fsp3) is 0.500. The third-order valence-corrected chi connectivity index (χ3v) is 7.36. The zero-order valence-electron chi connectivity index (χ0n) is 20.1. The van der Waals surface area contributed by atoms with Crippen LogP contribution in [0.15, 0.2) is 48.5 Å². The predicted octanol–water partition coefficient (Wildman–Crippen LogP) is 7.63. The average molecular weight is 467 g/mol. The largest absolute Gasteiger partial charge is 0.326 e. The van der Waals surface area contributed by atoms with Gasteiger partial charge in [0.1, 0.15) is 5.37 Å². The van der Waals surface area contributed by atoms with Crippen LogP contribution in [0.2, 0.25) is 0 Å². The van der Waals surface area contributed by atoms with Crippen LogP contribution in [0, 0.1) is 6.92 Å². The number of anilines is 2. The van der Waals surface area contributed by atoms with E-state index in [1.54, 1.807) is 11.8 Å². The maximum absolute atomic E-state index is 12.6. The van der Waals surface area contributed by atoms with Gasteiger partial charge < -0.3 is 5.32 Å². The second-order valence-corrected chi connectivity index (χ2v) is 10.1. The lowest BCUT2D eigenvalue weighted by Crippen LogP contribution is -2.27. The van der Waals surface area contributed by atoms with Gasteiger partial charge in [0.2, 0.25) is 11.8 Å². The van der Waals surface area contributed by atoms with Crippen LogP contribution in [0.1, 0.15) is 87.6 Å². The van der Waals surface area contributed by atoms with Gasteiger partial charge in [-0.15, -0.1) is 11.8 Å². The highest BCUT2D eigenvalue weighted by molar-refractivity contribution is 8.00. The summed E-state index contributed by atoms with van der Waals surface area (Å²) < 4.78 is 0. The second kappa shape index (κ2) is 13.4. The van der Waals surface area contributed by atoms with Crippen molar-refractivity contribution < 1.29 is 9.59 Å². The fourth-order valence-corrected chi connectivity index (χ4v) is 5.41. The average Bonchev–Trinajstić information content (AvgIpc) is 3.20. The van der Waals surface area contributed by atoms with Crippen LogP contribution in [0.3, 0.4) is 0 Å². The molecule has 0 aromatic heterocycles. The van der Waals surface area contributed by atoms with E-state index < -0.39 is 0 Å². The number of thioether (sulfide) groups is 1.